The Bertz CT molecular complexity index is 933. The molecule has 0 aliphatic heterocycles. The van der Waals surface area contributed by atoms with Gasteiger partial charge in [0.05, 0.1) is 10.5 Å². The van der Waals surface area contributed by atoms with Crippen LogP contribution in [0.5, 0.6) is 0 Å². The molecule has 8 nitrogen and oxygen atoms in total. The van der Waals surface area contributed by atoms with E-state index in [2.05, 4.69) is 25.6 Å². The van der Waals surface area contributed by atoms with Crippen LogP contribution in [0, 0.1) is 10.1 Å². The average molecular weight is 382 g/mol. The van der Waals surface area contributed by atoms with E-state index in [1.807, 2.05) is 0 Å². The average Bonchev–Trinajstić information content (AvgIpc) is 3.07. The minimum atomic E-state index is -4.53. The van der Waals surface area contributed by atoms with Crippen molar-refractivity contribution in [2.24, 2.45) is 0 Å². The van der Waals surface area contributed by atoms with Crippen molar-refractivity contribution in [1.29, 1.82) is 0 Å². The maximum absolute atomic E-state index is 12.8. The summed E-state index contributed by atoms with van der Waals surface area (Å²) in [5.41, 5.74) is -1.40. The molecule has 0 spiro atoms. The Kier molecular flexibility index (Phi) is 4.67. The number of hydrogen-bond donors (Lipinski definition) is 2. The van der Waals surface area contributed by atoms with Gasteiger partial charge in [0, 0.05) is 17.3 Å². The van der Waals surface area contributed by atoms with Crippen LogP contribution in [0.25, 0.3) is 0 Å². The summed E-state index contributed by atoms with van der Waals surface area (Å²) in [4.78, 5) is 22.2. The molecule has 12 heteroatoms. The summed E-state index contributed by atoms with van der Waals surface area (Å²) in [7, 11) is 0. The number of rotatable bonds is 5. The highest BCUT2D eigenvalue weighted by Crippen LogP contribution is 2.35. The lowest BCUT2D eigenvalue weighted by Gasteiger charge is -2.11. The van der Waals surface area contributed by atoms with Gasteiger partial charge >= 0.3 is 11.9 Å². The van der Waals surface area contributed by atoms with E-state index in [0.717, 1.165) is 18.5 Å². The van der Waals surface area contributed by atoms with Crippen LogP contribution in [0.4, 0.5) is 41.3 Å². The molecule has 2 N–H and O–H groups in total. The van der Waals surface area contributed by atoms with Gasteiger partial charge in [0.15, 0.2) is 5.13 Å². The second-order valence-corrected chi connectivity index (χ2v) is 5.74. The Labute approximate surface area is 147 Å². The van der Waals surface area contributed by atoms with Crippen LogP contribution in [-0.2, 0) is 6.18 Å². The molecular formula is C14H9F3N6O2S. The van der Waals surface area contributed by atoms with Crippen LogP contribution in [0.1, 0.15) is 5.56 Å². The zero-order valence-electron chi connectivity index (χ0n) is 12.7. The van der Waals surface area contributed by atoms with Crippen molar-refractivity contribution in [2.75, 3.05) is 10.6 Å². The summed E-state index contributed by atoms with van der Waals surface area (Å²) in [5.74, 6) is -0.377. The molecule has 1 aromatic carbocycles. The molecule has 0 aliphatic rings. The zero-order valence-corrected chi connectivity index (χ0v) is 13.5. The lowest BCUT2D eigenvalue weighted by Crippen LogP contribution is -2.07. The number of benzene rings is 1. The summed E-state index contributed by atoms with van der Waals surface area (Å²) >= 11 is 1.20. The number of nitrogens with one attached hydrogen (secondary N) is 2. The van der Waals surface area contributed by atoms with Gasteiger partial charge in [-0.15, -0.1) is 11.3 Å². The second-order valence-electron chi connectivity index (χ2n) is 4.84. The summed E-state index contributed by atoms with van der Waals surface area (Å²) < 4.78 is 38.4. The topological polar surface area (TPSA) is 106 Å². The quantitative estimate of drug-likeness (QED) is 0.499. The van der Waals surface area contributed by atoms with Crippen LogP contribution in [0.15, 0.2) is 42.2 Å². The standard InChI is InChI=1S/C14H9F3N6O2S/c15-14(16,17)8-2-1-3-9(6-8)21-11-10(23(24)25)12(20-7-19-11)22-13-18-4-5-26-13/h1-7H,(H2,18,19,20,21,22). The predicted octanol–water partition coefficient (Wildman–Crippen LogP) is 4.35. The SMILES string of the molecule is O=[N+]([O-])c1c(Nc2cccc(C(F)(F)F)c2)ncnc1Nc1nccs1. The number of nitro groups is 1. The van der Waals surface area contributed by atoms with Crippen molar-refractivity contribution < 1.29 is 18.1 Å². The van der Waals surface area contributed by atoms with E-state index in [9.17, 15) is 23.3 Å². The van der Waals surface area contributed by atoms with Gasteiger partial charge in [-0.2, -0.15) is 13.2 Å². The minimum Gasteiger partial charge on any atom is -0.334 e. The van der Waals surface area contributed by atoms with Gasteiger partial charge in [0.1, 0.15) is 6.33 Å². The third-order valence-corrected chi connectivity index (χ3v) is 3.80. The number of thiazole rings is 1. The van der Waals surface area contributed by atoms with Crippen molar-refractivity contribution in [1.82, 2.24) is 15.0 Å². The van der Waals surface area contributed by atoms with Crippen LogP contribution < -0.4 is 10.6 Å². The molecule has 0 unspecified atom stereocenters. The predicted molar refractivity (Wildman–Crippen MR) is 88.8 cm³/mol. The van der Waals surface area contributed by atoms with E-state index >= 15 is 0 Å². The molecule has 0 fully saturated rings. The first-order valence-corrected chi connectivity index (χ1v) is 7.83. The molecule has 2 aromatic heterocycles. The fourth-order valence-corrected chi connectivity index (χ4v) is 2.56. The van der Waals surface area contributed by atoms with Crippen LogP contribution in [-0.4, -0.2) is 19.9 Å². The van der Waals surface area contributed by atoms with E-state index < -0.39 is 22.4 Å². The largest absolute Gasteiger partial charge is 0.416 e. The maximum Gasteiger partial charge on any atom is 0.416 e. The lowest BCUT2D eigenvalue weighted by atomic mass is 10.2. The third kappa shape index (κ3) is 3.85. The number of aromatic nitrogens is 3. The van der Waals surface area contributed by atoms with E-state index in [0.29, 0.717) is 5.13 Å². The van der Waals surface area contributed by atoms with Gasteiger partial charge in [-0.05, 0) is 18.2 Å². The first-order valence-electron chi connectivity index (χ1n) is 6.95. The molecule has 0 atom stereocenters. The summed E-state index contributed by atoms with van der Waals surface area (Å²) in [5, 5.41) is 18.7. The van der Waals surface area contributed by atoms with Crippen LogP contribution >= 0.6 is 11.3 Å². The van der Waals surface area contributed by atoms with Crippen molar-refractivity contribution >= 4 is 39.5 Å². The molecule has 0 amide bonds. The second kappa shape index (κ2) is 6.92. The molecule has 0 saturated carbocycles. The van der Waals surface area contributed by atoms with Gasteiger partial charge in [0.2, 0.25) is 11.6 Å². The summed E-state index contributed by atoms with van der Waals surface area (Å²) in [6.07, 6.45) is -1.98. The first kappa shape index (κ1) is 17.5. The van der Waals surface area contributed by atoms with Crippen molar-refractivity contribution in [3.05, 3.63) is 57.8 Å². The minimum absolute atomic E-state index is 0.00169. The number of alkyl halides is 3. The number of nitrogens with zero attached hydrogens (tertiary/aromatic N) is 4. The highest BCUT2D eigenvalue weighted by atomic mass is 32.1. The Morgan fingerprint density at radius 1 is 1.12 bits per heavy atom. The Morgan fingerprint density at radius 3 is 2.46 bits per heavy atom. The van der Waals surface area contributed by atoms with Gasteiger partial charge < -0.3 is 10.6 Å². The van der Waals surface area contributed by atoms with Crippen LogP contribution in [0.3, 0.4) is 0 Å². The molecule has 0 saturated heterocycles. The van der Waals surface area contributed by atoms with Crippen LogP contribution in [0.2, 0.25) is 0 Å². The molecule has 0 bridgehead atoms. The summed E-state index contributed by atoms with van der Waals surface area (Å²) in [6.45, 7) is 0. The number of hydrogen-bond acceptors (Lipinski definition) is 8. The van der Waals surface area contributed by atoms with Gasteiger partial charge in [-0.3, -0.25) is 10.1 Å². The molecule has 2 heterocycles. The first-order chi connectivity index (χ1) is 12.3. The Hall–Kier alpha value is -3.28. The van der Waals surface area contributed by atoms with E-state index in [1.54, 1.807) is 5.38 Å². The van der Waals surface area contributed by atoms with Gasteiger partial charge in [-0.25, -0.2) is 15.0 Å². The molecule has 0 radical (unpaired) electrons. The number of anilines is 4. The van der Waals surface area contributed by atoms with Crippen molar-refractivity contribution in [2.45, 2.75) is 6.18 Å². The van der Waals surface area contributed by atoms with Gasteiger partial charge in [-0.1, -0.05) is 6.07 Å². The van der Waals surface area contributed by atoms with E-state index in [4.69, 9.17) is 0 Å². The highest BCUT2D eigenvalue weighted by molar-refractivity contribution is 7.13. The number of halogens is 3. The third-order valence-electron chi connectivity index (χ3n) is 3.12. The molecule has 26 heavy (non-hydrogen) atoms. The normalized spacial score (nSPS) is 11.2. The molecule has 3 aromatic rings. The molecular weight excluding hydrogens is 373 g/mol. The molecule has 134 valence electrons. The fraction of sp³-hybridized carbons (Fsp3) is 0.0714. The Morgan fingerprint density at radius 2 is 1.85 bits per heavy atom. The summed E-state index contributed by atoms with van der Waals surface area (Å²) in [6, 6.07) is 4.26. The molecule has 3 rings (SSSR count). The zero-order chi connectivity index (χ0) is 18.7. The lowest BCUT2D eigenvalue weighted by molar-refractivity contribution is -0.383. The van der Waals surface area contributed by atoms with Crippen molar-refractivity contribution in [3.8, 4) is 0 Å². The highest BCUT2D eigenvalue weighted by Gasteiger charge is 2.31. The smallest absolute Gasteiger partial charge is 0.334 e. The van der Waals surface area contributed by atoms with Crippen molar-refractivity contribution in [3.63, 3.8) is 0 Å². The Balaban J connectivity index is 1.96. The van der Waals surface area contributed by atoms with E-state index in [1.165, 1.54) is 29.7 Å². The van der Waals surface area contributed by atoms with Gasteiger partial charge in [0.25, 0.3) is 0 Å². The molecule has 0 aliphatic carbocycles. The monoisotopic (exact) mass is 382 g/mol. The van der Waals surface area contributed by atoms with E-state index in [-0.39, 0.29) is 17.3 Å². The maximum atomic E-state index is 12.8. The fourth-order valence-electron chi connectivity index (χ4n) is 2.03.